The summed E-state index contributed by atoms with van der Waals surface area (Å²) in [6.45, 7) is 4.35. The monoisotopic (exact) mass is 402 g/mol. The van der Waals surface area contributed by atoms with Crippen LogP contribution in [0.4, 0.5) is 5.69 Å². The predicted octanol–water partition coefficient (Wildman–Crippen LogP) is -0.0710. The molecule has 2 saturated heterocycles. The minimum atomic E-state index is -3.85. The quantitative estimate of drug-likeness (QED) is 0.734. The van der Waals surface area contributed by atoms with Crippen LogP contribution in [0.2, 0.25) is 0 Å². The zero-order chi connectivity index (χ0) is 18.2. The van der Waals surface area contributed by atoms with E-state index in [9.17, 15) is 18.0 Å². The number of piperazine rings is 1. The summed E-state index contributed by atoms with van der Waals surface area (Å²) in [7, 11) is -3.85. The summed E-state index contributed by atoms with van der Waals surface area (Å²) >= 11 is 0. The van der Waals surface area contributed by atoms with Crippen molar-refractivity contribution in [1.82, 2.24) is 10.2 Å². The van der Waals surface area contributed by atoms with E-state index in [1.165, 1.54) is 23.1 Å². The summed E-state index contributed by atoms with van der Waals surface area (Å²) in [6, 6.07) is 6.02. The van der Waals surface area contributed by atoms with Crippen molar-refractivity contribution in [3.8, 4) is 0 Å². The number of nitrogens with two attached hydrogens (primary N) is 1. The van der Waals surface area contributed by atoms with Crippen LogP contribution < -0.4 is 15.4 Å². The first-order chi connectivity index (χ1) is 11.8. The minimum Gasteiger partial charge on any atom is -0.337 e. The molecule has 2 aliphatic heterocycles. The van der Waals surface area contributed by atoms with Crippen molar-refractivity contribution >= 4 is 39.9 Å². The molecule has 3 rings (SSSR count). The summed E-state index contributed by atoms with van der Waals surface area (Å²) in [4.78, 5) is 28.4. The summed E-state index contributed by atoms with van der Waals surface area (Å²) in [5.74, 6) is -0.619. The number of amides is 2. The molecule has 0 spiro atoms. The standard InChI is InChI=1S/C16H22N4O4S.ClH/c1-11-9-18-5-6-19(11)16(22)12-7-15(21)20(10-12)13-3-2-4-14(8-13)25(17,23)24;/h2-4,8,11-12,18H,5-7,9-10H2,1H3,(H2,17,23,24);1H/t11-,12?;/m0./s1. The normalized spacial score (nSPS) is 23.7. The molecule has 2 atom stereocenters. The maximum Gasteiger partial charge on any atom is 0.238 e. The lowest BCUT2D eigenvalue weighted by atomic mass is 10.1. The van der Waals surface area contributed by atoms with Gasteiger partial charge < -0.3 is 15.1 Å². The Balaban J connectivity index is 0.00000243. The van der Waals surface area contributed by atoms with Crippen molar-refractivity contribution in [2.45, 2.75) is 24.3 Å². The van der Waals surface area contributed by atoms with Crippen molar-refractivity contribution in [3.63, 3.8) is 0 Å². The largest absolute Gasteiger partial charge is 0.337 e. The van der Waals surface area contributed by atoms with Gasteiger partial charge in [0.25, 0.3) is 0 Å². The van der Waals surface area contributed by atoms with Crippen LogP contribution in [0.25, 0.3) is 0 Å². The summed E-state index contributed by atoms with van der Waals surface area (Å²) in [5.41, 5.74) is 0.445. The van der Waals surface area contributed by atoms with E-state index in [2.05, 4.69) is 5.32 Å². The van der Waals surface area contributed by atoms with Crippen molar-refractivity contribution in [2.24, 2.45) is 11.1 Å². The molecular formula is C16H23ClN4O4S. The van der Waals surface area contributed by atoms with Crippen LogP contribution >= 0.6 is 12.4 Å². The van der Waals surface area contributed by atoms with Gasteiger partial charge in [0.15, 0.2) is 0 Å². The highest BCUT2D eigenvalue weighted by Crippen LogP contribution is 2.28. The smallest absolute Gasteiger partial charge is 0.238 e. The molecule has 10 heteroatoms. The first-order valence-electron chi connectivity index (χ1n) is 8.22. The van der Waals surface area contributed by atoms with Crippen molar-refractivity contribution in [2.75, 3.05) is 31.1 Å². The Hall–Kier alpha value is -1.68. The topological polar surface area (TPSA) is 113 Å². The first-order valence-corrected chi connectivity index (χ1v) is 9.76. The first kappa shape index (κ1) is 20.6. The number of benzene rings is 1. The zero-order valence-corrected chi connectivity index (χ0v) is 16.1. The van der Waals surface area contributed by atoms with Crippen LogP contribution in [0.3, 0.4) is 0 Å². The second kappa shape index (κ2) is 7.91. The average Bonchev–Trinajstić information content (AvgIpc) is 2.96. The number of hydrogen-bond donors (Lipinski definition) is 2. The SMILES string of the molecule is C[C@H]1CNCCN1C(=O)C1CC(=O)N(c2cccc(S(N)(=O)=O)c2)C1.Cl. The lowest BCUT2D eigenvalue weighted by Crippen LogP contribution is -2.54. The third-order valence-electron chi connectivity index (χ3n) is 4.72. The number of anilines is 1. The van der Waals surface area contributed by atoms with Gasteiger partial charge in [-0.05, 0) is 25.1 Å². The molecule has 2 fully saturated rings. The number of nitrogens with zero attached hydrogens (tertiary/aromatic N) is 2. The average molecular weight is 403 g/mol. The molecule has 2 heterocycles. The summed E-state index contributed by atoms with van der Waals surface area (Å²) < 4.78 is 23.0. The molecule has 144 valence electrons. The number of hydrogen-bond acceptors (Lipinski definition) is 5. The van der Waals surface area contributed by atoms with Crippen LogP contribution in [-0.2, 0) is 19.6 Å². The van der Waals surface area contributed by atoms with E-state index in [4.69, 9.17) is 5.14 Å². The third kappa shape index (κ3) is 4.17. The van der Waals surface area contributed by atoms with E-state index in [0.717, 1.165) is 13.1 Å². The highest BCUT2D eigenvalue weighted by molar-refractivity contribution is 7.89. The Labute approximate surface area is 159 Å². The van der Waals surface area contributed by atoms with Gasteiger partial charge in [0.2, 0.25) is 21.8 Å². The fourth-order valence-electron chi connectivity index (χ4n) is 3.35. The maximum atomic E-state index is 12.8. The molecule has 0 radical (unpaired) electrons. The molecule has 1 unspecified atom stereocenters. The van der Waals surface area contributed by atoms with Gasteiger partial charge in [-0.2, -0.15) is 0 Å². The molecule has 2 amide bonds. The number of carbonyl (C=O) groups is 2. The Morgan fingerprint density at radius 3 is 2.73 bits per heavy atom. The molecule has 3 N–H and O–H groups in total. The van der Waals surface area contributed by atoms with Crippen LogP contribution in [0.5, 0.6) is 0 Å². The number of nitrogens with one attached hydrogen (secondary N) is 1. The van der Waals surface area contributed by atoms with Gasteiger partial charge in [0.1, 0.15) is 0 Å². The maximum absolute atomic E-state index is 12.8. The van der Waals surface area contributed by atoms with Gasteiger partial charge in [0.05, 0.1) is 10.8 Å². The fraction of sp³-hybridized carbons (Fsp3) is 0.500. The van der Waals surface area contributed by atoms with E-state index in [-0.39, 0.29) is 48.1 Å². The van der Waals surface area contributed by atoms with E-state index in [1.807, 2.05) is 11.8 Å². The van der Waals surface area contributed by atoms with Gasteiger partial charge in [-0.25, -0.2) is 13.6 Å². The molecule has 26 heavy (non-hydrogen) atoms. The zero-order valence-electron chi connectivity index (χ0n) is 14.4. The van der Waals surface area contributed by atoms with Gasteiger partial charge in [-0.3, -0.25) is 9.59 Å². The van der Waals surface area contributed by atoms with Gasteiger partial charge in [-0.15, -0.1) is 12.4 Å². The van der Waals surface area contributed by atoms with E-state index in [0.29, 0.717) is 12.2 Å². The molecule has 2 aliphatic rings. The number of sulfonamides is 1. The summed E-state index contributed by atoms with van der Waals surface area (Å²) in [6.07, 6.45) is 0.134. The van der Waals surface area contributed by atoms with E-state index >= 15 is 0 Å². The van der Waals surface area contributed by atoms with E-state index in [1.54, 1.807) is 6.07 Å². The van der Waals surface area contributed by atoms with E-state index < -0.39 is 15.9 Å². The fourth-order valence-corrected chi connectivity index (χ4v) is 3.91. The molecule has 1 aromatic carbocycles. The number of halogens is 1. The number of carbonyl (C=O) groups excluding carboxylic acids is 2. The van der Waals surface area contributed by atoms with Crippen LogP contribution in [0, 0.1) is 5.92 Å². The lowest BCUT2D eigenvalue weighted by Gasteiger charge is -2.35. The van der Waals surface area contributed by atoms with Crippen molar-refractivity contribution in [1.29, 1.82) is 0 Å². The molecule has 8 nitrogen and oxygen atoms in total. The van der Waals surface area contributed by atoms with Gasteiger partial charge >= 0.3 is 0 Å². The van der Waals surface area contributed by atoms with Crippen LogP contribution in [0.1, 0.15) is 13.3 Å². The minimum absolute atomic E-state index is 0. The highest BCUT2D eigenvalue weighted by Gasteiger charge is 2.38. The molecule has 0 bridgehead atoms. The molecule has 0 aliphatic carbocycles. The molecule has 0 saturated carbocycles. The van der Waals surface area contributed by atoms with Crippen molar-refractivity contribution < 1.29 is 18.0 Å². The Kier molecular flexibility index (Phi) is 6.28. The Bertz CT molecular complexity index is 801. The predicted molar refractivity (Wildman–Crippen MR) is 99.6 cm³/mol. The number of rotatable bonds is 3. The lowest BCUT2D eigenvalue weighted by molar-refractivity contribution is -0.138. The van der Waals surface area contributed by atoms with Gasteiger partial charge in [-0.1, -0.05) is 6.07 Å². The Morgan fingerprint density at radius 1 is 1.35 bits per heavy atom. The molecule has 1 aromatic rings. The second-order valence-electron chi connectivity index (χ2n) is 6.53. The second-order valence-corrected chi connectivity index (χ2v) is 8.09. The Morgan fingerprint density at radius 2 is 2.08 bits per heavy atom. The van der Waals surface area contributed by atoms with Crippen LogP contribution in [0.15, 0.2) is 29.2 Å². The van der Waals surface area contributed by atoms with Gasteiger partial charge in [0, 0.05) is 44.3 Å². The molecule has 0 aromatic heterocycles. The number of primary sulfonamides is 1. The van der Waals surface area contributed by atoms with Crippen molar-refractivity contribution in [3.05, 3.63) is 24.3 Å². The molecular weight excluding hydrogens is 380 g/mol. The third-order valence-corrected chi connectivity index (χ3v) is 5.63. The van der Waals surface area contributed by atoms with Crippen LogP contribution in [-0.4, -0.2) is 57.4 Å². The summed E-state index contributed by atoms with van der Waals surface area (Å²) in [5, 5.41) is 8.38. The highest BCUT2D eigenvalue weighted by atomic mass is 35.5.